The standard InChI is InChI=1S/C17H14O.C17H13O.Pd/c2*18-17(13-11-15-7-3-1-4-8-15)14-12-16-9-5-2-6-10-16;/h1-14H;1-9,11-14H;/q;-1;. The van der Waals surface area contributed by atoms with Crippen molar-refractivity contribution in [2.75, 3.05) is 0 Å². The molecule has 0 N–H and O–H groups in total. The van der Waals surface area contributed by atoms with E-state index in [4.69, 9.17) is 0 Å². The van der Waals surface area contributed by atoms with Gasteiger partial charge in [-0.1, -0.05) is 115 Å². The van der Waals surface area contributed by atoms with E-state index in [1.165, 1.54) is 0 Å². The first-order valence-electron chi connectivity index (χ1n) is 11.6. The Bertz CT molecular complexity index is 1110. The predicted octanol–water partition coefficient (Wildman–Crippen LogP) is 7.76. The van der Waals surface area contributed by atoms with Gasteiger partial charge in [0.1, 0.15) is 0 Å². The number of benzene rings is 4. The van der Waals surface area contributed by atoms with Gasteiger partial charge in [-0.05, 0) is 34.9 Å². The summed E-state index contributed by atoms with van der Waals surface area (Å²) in [6.45, 7) is 0. The van der Waals surface area contributed by atoms with Gasteiger partial charge >= 0.3 is 0 Å². The third kappa shape index (κ3) is 12.4. The molecule has 0 fully saturated rings. The Labute approximate surface area is 233 Å². The van der Waals surface area contributed by atoms with Crippen LogP contribution in [0.25, 0.3) is 24.3 Å². The van der Waals surface area contributed by atoms with Crippen molar-refractivity contribution in [3.63, 3.8) is 0 Å². The zero-order valence-electron chi connectivity index (χ0n) is 20.2. The molecular formula is C34H27O2Pd-. The van der Waals surface area contributed by atoms with Crippen LogP contribution in [0.3, 0.4) is 0 Å². The van der Waals surface area contributed by atoms with E-state index in [-0.39, 0.29) is 32.0 Å². The molecule has 3 heteroatoms. The quantitative estimate of drug-likeness (QED) is 0.123. The number of carbonyl (C=O) groups is 2. The van der Waals surface area contributed by atoms with E-state index in [0.717, 1.165) is 22.3 Å². The number of hydrogen-bond acceptors (Lipinski definition) is 2. The fourth-order valence-corrected chi connectivity index (χ4v) is 3.02. The van der Waals surface area contributed by atoms with Gasteiger partial charge in [-0.25, -0.2) is 0 Å². The van der Waals surface area contributed by atoms with Crippen LogP contribution >= 0.6 is 0 Å². The molecule has 0 saturated heterocycles. The molecule has 0 aliphatic heterocycles. The van der Waals surface area contributed by atoms with Gasteiger partial charge < -0.3 is 0 Å². The average Bonchev–Trinajstić information content (AvgIpc) is 2.95. The maximum absolute atomic E-state index is 11.6. The second-order valence-corrected chi connectivity index (χ2v) is 7.69. The van der Waals surface area contributed by atoms with E-state index in [0.29, 0.717) is 0 Å². The van der Waals surface area contributed by atoms with Crippen LogP contribution < -0.4 is 0 Å². The van der Waals surface area contributed by atoms with Gasteiger partial charge in [-0.2, -0.15) is 5.56 Å². The third-order valence-corrected chi connectivity index (χ3v) is 4.88. The van der Waals surface area contributed by atoms with Crippen LogP contribution in [0.15, 0.2) is 140 Å². The Morgan fingerprint density at radius 2 is 0.811 bits per heavy atom. The first-order chi connectivity index (χ1) is 17.7. The smallest absolute Gasteiger partial charge is 0.178 e. The summed E-state index contributed by atoms with van der Waals surface area (Å²) in [4.78, 5) is 23.2. The zero-order valence-corrected chi connectivity index (χ0v) is 21.8. The van der Waals surface area contributed by atoms with Crippen LogP contribution in [0.1, 0.15) is 22.3 Å². The minimum Gasteiger partial charge on any atom is -0.291 e. The number of hydrogen-bond donors (Lipinski definition) is 0. The molecular weight excluding hydrogens is 547 g/mol. The van der Waals surface area contributed by atoms with Gasteiger partial charge in [-0.15, -0.1) is 36.4 Å². The summed E-state index contributed by atoms with van der Waals surface area (Å²) in [5, 5.41) is 0. The molecule has 0 spiro atoms. The monoisotopic (exact) mass is 573 g/mol. The minimum atomic E-state index is -0.0314. The zero-order chi connectivity index (χ0) is 25.3. The first-order valence-corrected chi connectivity index (χ1v) is 11.6. The summed E-state index contributed by atoms with van der Waals surface area (Å²) in [7, 11) is 0. The van der Waals surface area contributed by atoms with Gasteiger partial charge in [0.15, 0.2) is 11.6 Å². The van der Waals surface area contributed by atoms with Gasteiger partial charge in [-0.3, -0.25) is 9.59 Å². The van der Waals surface area contributed by atoms with Gasteiger partial charge in [0, 0.05) is 20.4 Å². The molecule has 0 aliphatic carbocycles. The molecule has 0 saturated carbocycles. The van der Waals surface area contributed by atoms with Gasteiger partial charge in [0.05, 0.1) is 0 Å². The van der Waals surface area contributed by atoms with Crippen molar-refractivity contribution in [2.45, 2.75) is 0 Å². The maximum atomic E-state index is 11.6. The summed E-state index contributed by atoms with van der Waals surface area (Å²) in [5.74, 6) is -0.0428. The first kappa shape index (κ1) is 29.1. The van der Waals surface area contributed by atoms with E-state index in [1.807, 2.05) is 127 Å². The number of allylic oxidation sites excluding steroid dienone is 4. The summed E-state index contributed by atoms with van der Waals surface area (Å²) in [6.07, 6.45) is 13.5. The normalized spacial score (nSPS) is 10.8. The number of rotatable bonds is 8. The van der Waals surface area contributed by atoms with Crippen LogP contribution in [0.2, 0.25) is 0 Å². The Balaban J connectivity index is 0.000000253. The molecule has 4 aromatic rings. The summed E-state index contributed by atoms with van der Waals surface area (Å²) in [6, 6.07) is 39.9. The molecule has 2 nitrogen and oxygen atoms in total. The SMILES string of the molecule is O=C(C=Cc1[c-]cccc1)C=Cc1ccccc1.O=C(C=Cc1ccccc1)C=Cc1ccccc1.[Pd]. The number of ketones is 2. The van der Waals surface area contributed by atoms with E-state index >= 15 is 0 Å². The molecule has 0 amide bonds. The van der Waals surface area contributed by atoms with Crippen molar-refractivity contribution in [3.8, 4) is 0 Å². The van der Waals surface area contributed by atoms with Crippen molar-refractivity contribution < 1.29 is 30.0 Å². The predicted molar refractivity (Wildman–Crippen MR) is 151 cm³/mol. The van der Waals surface area contributed by atoms with Crippen LogP contribution in [-0.2, 0) is 30.0 Å². The van der Waals surface area contributed by atoms with E-state index in [2.05, 4.69) is 6.07 Å². The molecule has 0 unspecified atom stereocenters. The van der Waals surface area contributed by atoms with Crippen molar-refractivity contribution in [1.82, 2.24) is 0 Å². The summed E-state index contributed by atoms with van der Waals surface area (Å²) >= 11 is 0. The van der Waals surface area contributed by atoms with Crippen LogP contribution in [0, 0.1) is 6.07 Å². The Kier molecular flexibility index (Phi) is 13.6. The van der Waals surface area contributed by atoms with E-state index in [1.54, 1.807) is 36.5 Å². The molecule has 0 radical (unpaired) electrons. The Morgan fingerprint density at radius 1 is 0.459 bits per heavy atom. The largest absolute Gasteiger partial charge is 0.291 e. The molecule has 0 aromatic heterocycles. The second-order valence-electron chi connectivity index (χ2n) is 7.69. The van der Waals surface area contributed by atoms with Crippen LogP contribution in [0.4, 0.5) is 0 Å². The molecule has 0 atom stereocenters. The number of carbonyl (C=O) groups excluding carboxylic acids is 2. The molecule has 0 aliphatic rings. The fourth-order valence-electron chi connectivity index (χ4n) is 3.02. The van der Waals surface area contributed by atoms with Crippen molar-refractivity contribution >= 4 is 35.9 Å². The molecule has 186 valence electrons. The summed E-state index contributed by atoms with van der Waals surface area (Å²) in [5.41, 5.74) is 3.97. The van der Waals surface area contributed by atoms with Gasteiger partial charge in [0.2, 0.25) is 0 Å². The summed E-state index contributed by atoms with van der Waals surface area (Å²) < 4.78 is 0. The topological polar surface area (TPSA) is 34.1 Å². The Hall–Kier alpha value is -4.16. The van der Waals surface area contributed by atoms with Crippen molar-refractivity contribution in [3.05, 3.63) is 168 Å². The minimum absolute atomic E-state index is 0. The molecule has 4 aromatic carbocycles. The Morgan fingerprint density at radius 3 is 1.16 bits per heavy atom. The second kappa shape index (κ2) is 17.3. The average molecular weight is 574 g/mol. The van der Waals surface area contributed by atoms with E-state index < -0.39 is 0 Å². The van der Waals surface area contributed by atoms with E-state index in [9.17, 15) is 9.59 Å². The van der Waals surface area contributed by atoms with Crippen molar-refractivity contribution in [1.29, 1.82) is 0 Å². The van der Waals surface area contributed by atoms with Crippen molar-refractivity contribution in [2.24, 2.45) is 0 Å². The van der Waals surface area contributed by atoms with Crippen LogP contribution in [-0.4, -0.2) is 11.6 Å². The fraction of sp³-hybridized carbons (Fsp3) is 0. The molecule has 37 heavy (non-hydrogen) atoms. The van der Waals surface area contributed by atoms with Gasteiger partial charge in [0.25, 0.3) is 0 Å². The molecule has 0 bridgehead atoms. The molecule has 0 heterocycles. The maximum Gasteiger partial charge on any atom is 0.178 e. The molecule has 4 rings (SSSR count). The third-order valence-electron chi connectivity index (χ3n) is 4.88. The van der Waals surface area contributed by atoms with Crippen LogP contribution in [0.5, 0.6) is 0 Å².